The number of rotatable bonds is 20. The number of hydrogen-bond donors (Lipinski definition) is 21. The summed E-state index contributed by atoms with van der Waals surface area (Å²) >= 11 is 0. The van der Waals surface area contributed by atoms with Gasteiger partial charge in [-0.1, -0.05) is 0 Å². The molecule has 21 N–H and O–H groups in total. The number of aliphatic hydroxyl groups is 21. The van der Waals surface area contributed by atoms with Gasteiger partial charge in [-0.05, 0) is 0 Å². The van der Waals surface area contributed by atoms with Gasteiger partial charge < -0.3 is 155 Å². The molecule has 31 heteroatoms. The SMILES string of the molecule is OC[C@@H](O)[C@@H](O[C@H]1O[C@H](CO)[C@@H](O[C@H]2O[C@H](CO)[C@@H](O[C@H]3O[C@H](CO)[C@@H](O[C@H]4O[C@H](CO)[C@@H](O[C@H]5O[C@H](CO)[C@@H](O)[C@H](O)[C@H]5O)[C@H](O)[C@H]4O)[C@H](O)[C@H]3O)[C@H](O)[C@H]2O)[C@H](O)[C@H]1O)[C@H](O)[C@@H](O)CO. The van der Waals surface area contributed by atoms with E-state index in [1.807, 2.05) is 0 Å². The summed E-state index contributed by atoms with van der Waals surface area (Å²) in [7, 11) is 0. The summed E-state index contributed by atoms with van der Waals surface area (Å²) < 4.78 is 55.2. The van der Waals surface area contributed by atoms with Gasteiger partial charge in [0, 0.05) is 0 Å². The predicted molar refractivity (Wildman–Crippen MR) is 201 cm³/mol. The fourth-order valence-electron chi connectivity index (χ4n) is 8.12. The van der Waals surface area contributed by atoms with Crippen molar-refractivity contribution in [3.63, 3.8) is 0 Å². The summed E-state index contributed by atoms with van der Waals surface area (Å²) in [5.74, 6) is 0. The Bertz CT molecular complexity index is 1450. The molecule has 0 unspecified atom stereocenters. The van der Waals surface area contributed by atoms with Crippen molar-refractivity contribution in [2.24, 2.45) is 0 Å². The van der Waals surface area contributed by atoms with Crippen LogP contribution in [0.5, 0.6) is 0 Å². The van der Waals surface area contributed by atoms with E-state index in [0.717, 1.165) is 0 Å². The van der Waals surface area contributed by atoms with E-state index in [0.29, 0.717) is 0 Å². The van der Waals surface area contributed by atoms with E-state index in [2.05, 4.69) is 0 Å². The van der Waals surface area contributed by atoms with Gasteiger partial charge in [0.2, 0.25) is 0 Å². The van der Waals surface area contributed by atoms with Crippen LogP contribution in [0.2, 0.25) is 0 Å². The van der Waals surface area contributed by atoms with Crippen LogP contribution in [0.15, 0.2) is 0 Å². The lowest BCUT2D eigenvalue weighted by Gasteiger charge is -2.49. The Hall–Kier alpha value is -1.24. The van der Waals surface area contributed by atoms with Gasteiger partial charge in [0.15, 0.2) is 31.5 Å². The van der Waals surface area contributed by atoms with Gasteiger partial charge >= 0.3 is 0 Å². The average molecular weight is 993 g/mol. The molecular formula is C36H64O31. The third kappa shape index (κ3) is 12.2. The summed E-state index contributed by atoms with van der Waals surface area (Å²) in [5, 5.41) is 218. The third-order valence-corrected chi connectivity index (χ3v) is 12.1. The lowest BCUT2D eigenvalue weighted by Crippen LogP contribution is -2.68. The molecule has 5 heterocycles. The molecule has 0 spiro atoms. The molecule has 0 amide bonds. The van der Waals surface area contributed by atoms with E-state index in [4.69, 9.17) is 47.4 Å². The number of ether oxygens (including phenoxy) is 10. The Balaban J connectivity index is 1.22. The van der Waals surface area contributed by atoms with Crippen molar-refractivity contribution in [1.82, 2.24) is 0 Å². The van der Waals surface area contributed by atoms with E-state index in [9.17, 15) is 107 Å². The lowest BCUT2D eigenvalue weighted by molar-refractivity contribution is -0.394. The molecular weight excluding hydrogens is 928 g/mol. The average Bonchev–Trinajstić information content (AvgIpc) is 3.33. The molecule has 5 saturated heterocycles. The second-order valence-corrected chi connectivity index (χ2v) is 16.5. The Labute approximate surface area is 378 Å². The van der Waals surface area contributed by atoms with Gasteiger partial charge in [-0.25, -0.2) is 0 Å². The minimum atomic E-state index is -2.19. The molecule has 0 radical (unpaired) electrons. The number of hydrogen-bond acceptors (Lipinski definition) is 31. The summed E-state index contributed by atoms with van der Waals surface area (Å²) in [4.78, 5) is 0. The van der Waals surface area contributed by atoms with Gasteiger partial charge in [0.25, 0.3) is 0 Å². The minimum Gasteiger partial charge on any atom is -0.394 e. The monoisotopic (exact) mass is 992 g/mol. The van der Waals surface area contributed by atoms with Crippen LogP contribution in [0.1, 0.15) is 0 Å². The molecule has 0 aromatic carbocycles. The van der Waals surface area contributed by atoms with E-state index in [1.54, 1.807) is 0 Å². The van der Waals surface area contributed by atoms with Crippen LogP contribution in [0.25, 0.3) is 0 Å². The van der Waals surface area contributed by atoms with Crippen LogP contribution in [0.3, 0.4) is 0 Å². The zero-order valence-corrected chi connectivity index (χ0v) is 35.2. The van der Waals surface area contributed by atoms with Crippen molar-refractivity contribution in [3.8, 4) is 0 Å². The van der Waals surface area contributed by atoms with E-state index < -0.39 is 224 Å². The maximum atomic E-state index is 11.2. The van der Waals surface area contributed by atoms with Crippen molar-refractivity contribution in [1.29, 1.82) is 0 Å². The Kier molecular flexibility index (Phi) is 21.1. The molecule has 67 heavy (non-hydrogen) atoms. The highest BCUT2D eigenvalue weighted by molar-refractivity contribution is 4.99. The molecule has 0 aromatic heterocycles. The first-order chi connectivity index (χ1) is 31.7. The second-order valence-electron chi connectivity index (χ2n) is 16.5. The molecule has 5 rings (SSSR count). The standard InChI is InChI=1S/C36H64O31/c37-1-8(44)15(46)27(9(45)2-38)63-33-23(54)18(49)29(11(4-40)59-33)65-35-25(56)20(51)31(13(6-42)61-35)67-36-26(57)21(52)30(14(7-43)62-36)66-34-24(55)19(50)28(12(5-41)60-34)64-32-22(53)17(48)16(47)10(3-39)58-32/h8-57H,1-7H2/t8-,9+,10+,11+,12+,13+,14+,15+,16+,17-,18+,19+,20+,21+,22+,23+,24+,25+,26+,27+,28+,29+,30+,31+,32+,33+,34+,35+,36+/m0/s1. The normalized spacial score (nSPS) is 48.4. The van der Waals surface area contributed by atoms with Gasteiger partial charge in [-0.3, -0.25) is 0 Å². The maximum absolute atomic E-state index is 11.2. The second kappa shape index (κ2) is 24.9. The first-order valence-corrected chi connectivity index (χ1v) is 21.1. The molecule has 5 aliphatic rings. The number of aliphatic hydroxyl groups excluding tert-OH is 21. The van der Waals surface area contributed by atoms with Gasteiger partial charge in [0.1, 0.15) is 146 Å². The first-order valence-electron chi connectivity index (χ1n) is 21.1. The third-order valence-electron chi connectivity index (χ3n) is 12.1. The smallest absolute Gasteiger partial charge is 0.187 e. The van der Waals surface area contributed by atoms with Crippen LogP contribution < -0.4 is 0 Å². The van der Waals surface area contributed by atoms with Crippen molar-refractivity contribution >= 4 is 0 Å². The van der Waals surface area contributed by atoms with Gasteiger partial charge in [-0.2, -0.15) is 0 Å². The van der Waals surface area contributed by atoms with Gasteiger partial charge in [-0.15, -0.1) is 0 Å². The highest BCUT2D eigenvalue weighted by Gasteiger charge is 2.57. The fraction of sp³-hybridized carbons (Fsp3) is 1.00. The van der Waals surface area contributed by atoms with Crippen molar-refractivity contribution in [2.45, 2.75) is 178 Å². The molecule has 0 aromatic rings. The summed E-state index contributed by atoms with van der Waals surface area (Å²) in [6.07, 6.45) is -56.0. The van der Waals surface area contributed by atoms with Crippen LogP contribution in [0, 0.1) is 0 Å². The Morgan fingerprint density at radius 3 is 0.881 bits per heavy atom. The van der Waals surface area contributed by atoms with E-state index in [1.165, 1.54) is 0 Å². The van der Waals surface area contributed by atoms with Gasteiger partial charge in [0.05, 0.1) is 46.2 Å². The topological polar surface area (TPSA) is 517 Å². The Morgan fingerprint density at radius 2 is 0.582 bits per heavy atom. The van der Waals surface area contributed by atoms with Crippen LogP contribution >= 0.6 is 0 Å². The molecule has 0 aliphatic carbocycles. The Morgan fingerprint density at radius 1 is 0.313 bits per heavy atom. The molecule has 31 nitrogen and oxygen atoms in total. The van der Waals surface area contributed by atoms with E-state index >= 15 is 0 Å². The summed E-state index contributed by atoms with van der Waals surface area (Å²) in [5.41, 5.74) is 0. The first kappa shape index (κ1) is 56.7. The quantitative estimate of drug-likeness (QED) is 0.0538. The zero-order valence-electron chi connectivity index (χ0n) is 35.2. The molecule has 0 bridgehead atoms. The maximum Gasteiger partial charge on any atom is 0.187 e. The minimum absolute atomic E-state index is 0.833. The van der Waals surface area contributed by atoms with Crippen LogP contribution in [0.4, 0.5) is 0 Å². The largest absolute Gasteiger partial charge is 0.394 e. The van der Waals surface area contributed by atoms with Crippen molar-refractivity contribution in [3.05, 3.63) is 0 Å². The predicted octanol–water partition coefficient (Wildman–Crippen LogP) is -14.5. The fourth-order valence-corrected chi connectivity index (χ4v) is 8.12. The van der Waals surface area contributed by atoms with Crippen molar-refractivity contribution < 1.29 is 155 Å². The molecule has 5 fully saturated rings. The highest BCUT2D eigenvalue weighted by atomic mass is 16.8. The van der Waals surface area contributed by atoms with Crippen molar-refractivity contribution in [2.75, 3.05) is 46.2 Å². The highest BCUT2D eigenvalue weighted by Crippen LogP contribution is 2.36. The van der Waals surface area contributed by atoms with Crippen LogP contribution in [-0.2, 0) is 47.4 Å². The van der Waals surface area contributed by atoms with E-state index in [-0.39, 0.29) is 0 Å². The molecule has 0 saturated carbocycles. The van der Waals surface area contributed by atoms with Crippen LogP contribution in [-0.4, -0.2) is 331 Å². The zero-order chi connectivity index (χ0) is 49.8. The summed E-state index contributed by atoms with van der Waals surface area (Å²) in [6, 6.07) is 0. The molecule has 29 atom stereocenters. The summed E-state index contributed by atoms with van der Waals surface area (Å²) in [6.45, 7) is -6.97. The molecule has 5 aliphatic heterocycles. The molecule has 394 valence electrons. The lowest BCUT2D eigenvalue weighted by atomic mass is 9.95.